The summed E-state index contributed by atoms with van der Waals surface area (Å²) >= 11 is 0. The van der Waals surface area contributed by atoms with Gasteiger partial charge in [-0.2, -0.15) is 0 Å². The van der Waals surface area contributed by atoms with Crippen LogP contribution in [0.3, 0.4) is 0 Å². The van der Waals surface area contributed by atoms with Gasteiger partial charge in [0.25, 0.3) is 5.56 Å². The number of fused-ring (bicyclic) bond motifs is 1. The molecule has 1 N–H and O–H groups in total. The van der Waals surface area contributed by atoms with Crippen molar-refractivity contribution in [3.8, 4) is 11.3 Å². The summed E-state index contributed by atoms with van der Waals surface area (Å²) < 4.78 is 0. The van der Waals surface area contributed by atoms with Gasteiger partial charge in [0.05, 0.1) is 17.5 Å². The topological polar surface area (TPSA) is 58.6 Å². The van der Waals surface area contributed by atoms with Crippen LogP contribution in [0.2, 0.25) is 0 Å². The molecule has 4 heteroatoms. The predicted octanol–water partition coefficient (Wildman–Crippen LogP) is 3.11. The molecular weight excluding hydrogens is 250 g/mol. The molecule has 3 aromatic rings. The maximum atomic E-state index is 12.0. The molecule has 2 heterocycles. The van der Waals surface area contributed by atoms with E-state index in [-0.39, 0.29) is 11.5 Å². The monoisotopic (exact) mass is 265 g/mol. The van der Waals surface area contributed by atoms with Crippen molar-refractivity contribution in [3.63, 3.8) is 0 Å². The van der Waals surface area contributed by atoms with Gasteiger partial charge in [0.1, 0.15) is 0 Å². The van der Waals surface area contributed by atoms with Crippen molar-refractivity contribution < 1.29 is 0 Å². The molecule has 0 spiro atoms. The minimum Gasteiger partial charge on any atom is -0.313 e. The summed E-state index contributed by atoms with van der Waals surface area (Å²) in [6.45, 7) is 4.00. The summed E-state index contributed by atoms with van der Waals surface area (Å²) in [5, 5.41) is 1.04. The second-order valence-electron chi connectivity index (χ2n) is 5.06. The summed E-state index contributed by atoms with van der Waals surface area (Å²) in [7, 11) is 0. The Morgan fingerprint density at radius 1 is 1.15 bits per heavy atom. The minimum atomic E-state index is -0.0729. The third-order valence-corrected chi connectivity index (χ3v) is 3.34. The number of hydrogen-bond donors (Lipinski definition) is 1. The van der Waals surface area contributed by atoms with Crippen molar-refractivity contribution in [2.75, 3.05) is 0 Å². The smallest absolute Gasteiger partial charge is 0.254 e. The van der Waals surface area contributed by atoms with Gasteiger partial charge in [0.15, 0.2) is 0 Å². The van der Waals surface area contributed by atoms with E-state index in [0.29, 0.717) is 0 Å². The SMILES string of the molecule is CC(C)c1c(-c2ccc3ncccc3c2)nc[nH]c1=O. The second kappa shape index (κ2) is 4.89. The fourth-order valence-corrected chi connectivity index (χ4v) is 2.40. The molecule has 0 atom stereocenters. The van der Waals surface area contributed by atoms with Crippen LogP contribution < -0.4 is 5.56 Å². The summed E-state index contributed by atoms with van der Waals surface area (Å²) in [6.07, 6.45) is 3.23. The van der Waals surface area contributed by atoms with Crippen LogP contribution in [0.1, 0.15) is 25.3 Å². The van der Waals surface area contributed by atoms with E-state index in [9.17, 15) is 4.79 Å². The Morgan fingerprint density at radius 2 is 2.00 bits per heavy atom. The Balaban J connectivity index is 2.26. The normalized spacial score (nSPS) is 11.2. The quantitative estimate of drug-likeness (QED) is 0.774. The first-order valence-corrected chi connectivity index (χ1v) is 6.59. The first kappa shape index (κ1) is 12.5. The maximum absolute atomic E-state index is 12.0. The predicted molar refractivity (Wildman–Crippen MR) is 79.7 cm³/mol. The number of aromatic nitrogens is 3. The van der Waals surface area contributed by atoms with Gasteiger partial charge in [0.2, 0.25) is 0 Å². The molecule has 0 radical (unpaired) electrons. The summed E-state index contributed by atoms with van der Waals surface area (Å²) in [5.74, 6) is 0.118. The molecule has 4 nitrogen and oxygen atoms in total. The number of nitrogens with zero attached hydrogens (tertiary/aromatic N) is 2. The molecule has 0 unspecified atom stereocenters. The molecule has 0 aliphatic carbocycles. The lowest BCUT2D eigenvalue weighted by Gasteiger charge is -2.10. The fraction of sp³-hybridized carbons (Fsp3) is 0.188. The molecule has 100 valence electrons. The van der Waals surface area contributed by atoms with Crippen molar-refractivity contribution in [3.05, 3.63) is 58.8 Å². The molecule has 20 heavy (non-hydrogen) atoms. The number of nitrogens with one attached hydrogen (secondary N) is 1. The van der Waals surface area contributed by atoms with E-state index in [1.807, 2.05) is 44.2 Å². The lowest BCUT2D eigenvalue weighted by atomic mass is 9.97. The Kier molecular flexibility index (Phi) is 3.06. The number of H-pyrrole nitrogens is 1. The summed E-state index contributed by atoms with van der Waals surface area (Å²) in [6, 6.07) is 9.85. The zero-order chi connectivity index (χ0) is 14.1. The van der Waals surface area contributed by atoms with Gasteiger partial charge in [-0.25, -0.2) is 4.98 Å². The number of rotatable bonds is 2. The molecule has 0 fully saturated rings. The van der Waals surface area contributed by atoms with E-state index in [1.165, 1.54) is 6.33 Å². The average molecular weight is 265 g/mol. The highest BCUT2D eigenvalue weighted by Crippen LogP contribution is 2.26. The number of aromatic amines is 1. The highest BCUT2D eigenvalue weighted by molar-refractivity contribution is 5.84. The number of benzene rings is 1. The molecule has 0 amide bonds. The first-order valence-electron chi connectivity index (χ1n) is 6.59. The van der Waals surface area contributed by atoms with E-state index in [4.69, 9.17) is 0 Å². The van der Waals surface area contributed by atoms with Gasteiger partial charge in [-0.1, -0.05) is 26.0 Å². The van der Waals surface area contributed by atoms with Crippen molar-refractivity contribution in [1.82, 2.24) is 15.0 Å². The minimum absolute atomic E-state index is 0.0729. The molecule has 3 rings (SSSR count). The van der Waals surface area contributed by atoms with Crippen LogP contribution in [0.5, 0.6) is 0 Å². The first-order chi connectivity index (χ1) is 9.66. The van der Waals surface area contributed by atoms with E-state index in [2.05, 4.69) is 15.0 Å². The number of hydrogen-bond acceptors (Lipinski definition) is 3. The summed E-state index contributed by atoms with van der Waals surface area (Å²) in [4.78, 5) is 23.3. The third-order valence-electron chi connectivity index (χ3n) is 3.34. The van der Waals surface area contributed by atoms with Gasteiger partial charge in [-0.3, -0.25) is 9.78 Å². The van der Waals surface area contributed by atoms with Gasteiger partial charge >= 0.3 is 0 Å². The molecule has 2 aromatic heterocycles. The molecule has 0 aliphatic heterocycles. The number of pyridine rings is 1. The van der Waals surface area contributed by atoms with E-state index < -0.39 is 0 Å². The Morgan fingerprint density at radius 3 is 2.80 bits per heavy atom. The second-order valence-corrected chi connectivity index (χ2v) is 5.06. The van der Waals surface area contributed by atoms with Crippen LogP contribution in [0.15, 0.2) is 47.7 Å². The molecule has 1 aromatic carbocycles. The van der Waals surface area contributed by atoms with E-state index in [0.717, 1.165) is 27.7 Å². The third kappa shape index (κ3) is 2.09. The van der Waals surface area contributed by atoms with Gasteiger partial charge in [-0.15, -0.1) is 0 Å². The van der Waals surface area contributed by atoms with Crippen molar-refractivity contribution >= 4 is 10.9 Å². The van der Waals surface area contributed by atoms with Crippen LogP contribution in [-0.2, 0) is 0 Å². The largest absolute Gasteiger partial charge is 0.313 e. The van der Waals surface area contributed by atoms with Crippen molar-refractivity contribution in [1.29, 1.82) is 0 Å². The maximum Gasteiger partial charge on any atom is 0.254 e. The highest BCUT2D eigenvalue weighted by atomic mass is 16.1. The van der Waals surface area contributed by atoms with Crippen LogP contribution in [0.25, 0.3) is 22.2 Å². The van der Waals surface area contributed by atoms with Crippen LogP contribution in [0.4, 0.5) is 0 Å². The molecule has 0 saturated carbocycles. The Labute approximate surface area is 116 Å². The summed E-state index contributed by atoms with van der Waals surface area (Å²) in [5.41, 5.74) is 3.27. The van der Waals surface area contributed by atoms with Gasteiger partial charge in [0, 0.05) is 22.7 Å². The zero-order valence-corrected chi connectivity index (χ0v) is 11.4. The lowest BCUT2D eigenvalue weighted by molar-refractivity contribution is 0.834. The fourth-order valence-electron chi connectivity index (χ4n) is 2.40. The molecule has 0 bridgehead atoms. The average Bonchev–Trinajstić information content (AvgIpc) is 2.46. The van der Waals surface area contributed by atoms with Crippen LogP contribution in [-0.4, -0.2) is 15.0 Å². The Bertz CT molecular complexity index is 821. The van der Waals surface area contributed by atoms with Crippen molar-refractivity contribution in [2.45, 2.75) is 19.8 Å². The Hall–Kier alpha value is -2.49. The highest BCUT2D eigenvalue weighted by Gasteiger charge is 2.14. The van der Waals surface area contributed by atoms with Crippen LogP contribution >= 0.6 is 0 Å². The molecule has 0 saturated heterocycles. The van der Waals surface area contributed by atoms with E-state index in [1.54, 1.807) is 6.20 Å². The lowest BCUT2D eigenvalue weighted by Crippen LogP contribution is -2.16. The molecular formula is C16H15N3O. The van der Waals surface area contributed by atoms with E-state index >= 15 is 0 Å². The standard InChI is InChI=1S/C16H15N3O/c1-10(2)14-15(18-9-19-16(14)20)12-5-6-13-11(8-12)4-3-7-17-13/h3-10H,1-2H3,(H,18,19,20). The van der Waals surface area contributed by atoms with Crippen molar-refractivity contribution in [2.24, 2.45) is 0 Å². The van der Waals surface area contributed by atoms with Crippen LogP contribution in [0, 0.1) is 0 Å². The molecule has 0 aliphatic rings. The van der Waals surface area contributed by atoms with Gasteiger partial charge < -0.3 is 4.98 Å². The van der Waals surface area contributed by atoms with Gasteiger partial charge in [-0.05, 0) is 24.1 Å². The zero-order valence-electron chi connectivity index (χ0n) is 11.4.